The van der Waals surface area contributed by atoms with Gasteiger partial charge in [0.1, 0.15) is 5.82 Å². The Morgan fingerprint density at radius 3 is 2.50 bits per heavy atom. The van der Waals surface area contributed by atoms with Gasteiger partial charge in [0.2, 0.25) is 0 Å². The monoisotopic (exact) mass is 223 g/mol. The lowest BCUT2D eigenvalue weighted by Gasteiger charge is -2.41. The molecule has 0 aromatic heterocycles. The largest absolute Gasteiger partial charge is 0.370 e. The van der Waals surface area contributed by atoms with E-state index in [2.05, 4.69) is 25.8 Å². The van der Waals surface area contributed by atoms with E-state index < -0.39 is 0 Å². The number of hydrogen-bond donors (Lipinski definition) is 0. The summed E-state index contributed by atoms with van der Waals surface area (Å²) in [5.41, 5.74) is 1.05. The highest BCUT2D eigenvalue weighted by Crippen LogP contribution is 2.29. The molecular weight excluding hydrogens is 205 g/mol. The molecule has 0 N–H and O–H groups in total. The van der Waals surface area contributed by atoms with Crippen molar-refractivity contribution in [3.8, 4) is 0 Å². The Hall–Kier alpha value is -0.930. The Morgan fingerprint density at radius 2 is 1.88 bits per heavy atom. The summed E-state index contributed by atoms with van der Waals surface area (Å²) >= 11 is 0. The van der Waals surface area contributed by atoms with Gasteiger partial charge in [0.15, 0.2) is 0 Å². The summed E-state index contributed by atoms with van der Waals surface area (Å²) in [6.07, 6.45) is 0.0433. The minimum atomic E-state index is -0.200. The van der Waals surface area contributed by atoms with Gasteiger partial charge in [-0.15, -0.1) is 0 Å². The zero-order chi connectivity index (χ0) is 11.7. The van der Waals surface area contributed by atoms with Crippen molar-refractivity contribution in [1.82, 2.24) is 4.90 Å². The molecular formula is C13H18FNO. The van der Waals surface area contributed by atoms with E-state index in [1.807, 2.05) is 0 Å². The fourth-order valence-corrected chi connectivity index (χ4v) is 2.14. The lowest BCUT2D eigenvalue weighted by atomic mass is 9.99. The highest BCUT2D eigenvalue weighted by Gasteiger charge is 2.31. The van der Waals surface area contributed by atoms with Gasteiger partial charge in [-0.2, -0.15) is 0 Å². The Labute approximate surface area is 96.0 Å². The van der Waals surface area contributed by atoms with Crippen molar-refractivity contribution < 1.29 is 9.13 Å². The van der Waals surface area contributed by atoms with Gasteiger partial charge < -0.3 is 4.74 Å². The molecule has 1 saturated heterocycles. The van der Waals surface area contributed by atoms with Crippen molar-refractivity contribution in [2.45, 2.75) is 32.0 Å². The second-order valence-electron chi connectivity index (χ2n) is 4.56. The van der Waals surface area contributed by atoms with Crippen LogP contribution in [0.1, 0.15) is 25.5 Å². The summed E-state index contributed by atoms with van der Waals surface area (Å²) in [5, 5.41) is 0. The molecule has 3 unspecified atom stereocenters. The van der Waals surface area contributed by atoms with Crippen LogP contribution in [0.25, 0.3) is 0 Å². The molecule has 1 heterocycles. The number of ether oxygens (including phenoxy) is 1. The molecule has 0 saturated carbocycles. The van der Waals surface area contributed by atoms with Crippen LogP contribution in [-0.2, 0) is 4.74 Å². The molecule has 0 aliphatic carbocycles. The second kappa shape index (κ2) is 4.52. The van der Waals surface area contributed by atoms with Gasteiger partial charge in [0.05, 0.1) is 12.7 Å². The smallest absolute Gasteiger partial charge is 0.123 e. The average molecular weight is 223 g/mol. The molecule has 2 nitrogen and oxygen atoms in total. The first-order chi connectivity index (χ1) is 7.59. The highest BCUT2D eigenvalue weighted by atomic mass is 19.1. The third-order valence-corrected chi connectivity index (χ3v) is 3.49. The Kier molecular flexibility index (Phi) is 3.26. The van der Waals surface area contributed by atoms with Crippen LogP contribution in [0.5, 0.6) is 0 Å². The van der Waals surface area contributed by atoms with E-state index in [4.69, 9.17) is 4.74 Å². The minimum Gasteiger partial charge on any atom is -0.370 e. The molecule has 0 amide bonds. The number of benzene rings is 1. The summed E-state index contributed by atoms with van der Waals surface area (Å²) in [6, 6.07) is 7.34. The maximum Gasteiger partial charge on any atom is 0.123 e. The highest BCUT2D eigenvalue weighted by molar-refractivity contribution is 5.20. The molecule has 88 valence electrons. The number of hydrogen-bond acceptors (Lipinski definition) is 2. The topological polar surface area (TPSA) is 12.5 Å². The van der Waals surface area contributed by atoms with Crippen LogP contribution in [0.2, 0.25) is 0 Å². The molecule has 16 heavy (non-hydrogen) atoms. The van der Waals surface area contributed by atoms with Crippen LogP contribution in [0.3, 0.4) is 0 Å². The molecule has 1 aromatic rings. The van der Waals surface area contributed by atoms with Crippen LogP contribution in [-0.4, -0.2) is 30.6 Å². The molecule has 1 aliphatic rings. The summed E-state index contributed by atoms with van der Waals surface area (Å²) in [4.78, 5) is 2.30. The van der Waals surface area contributed by atoms with Crippen LogP contribution in [0, 0.1) is 5.82 Å². The number of rotatable bonds is 1. The summed E-state index contributed by atoms with van der Waals surface area (Å²) in [6.45, 7) is 5.02. The lowest BCUT2D eigenvalue weighted by molar-refractivity contribution is -0.0853. The van der Waals surface area contributed by atoms with Gasteiger partial charge in [-0.1, -0.05) is 12.1 Å². The Bertz CT molecular complexity index is 351. The Morgan fingerprint density at radius 1 is 1.25 bits per heavy atom. The fourth-order valence-electron chi connectivity index (χ4n) is 2.14. The predicted octanol–water partition coefficient (Wildman–Crippen LogP) is 2.61. The summed E-state index contributed by atoms with van der Waals surface area (Å²) in [7, 11) is 2.11. The molecule has 2 rings (SSSR count). The van der Waals surface area contributed by atoms with Gasteiger partial charge in [-0.25, -0.2) is 4.39 Å². The van der Waals surface area contributed by atoms with Crippen molar-refractivity contribution >= 4 is 0 Å². The molecule has 1 aliphatic heterocycles. The Balaban J connectivity index is 2.18. The molecule has 0 radical (unpaired) electrons. The van der Waals surface area contributed by atoms with Crippen molar-refractivity contribution in [3.05, 3.63) is 35.6 Å². The van der Waals surface area contributed by atoms with E-state index in [9.17, 15) is 4.39 Å². The zero-order valence-electron chi connectivity index (χ0n) is 9.98. The van der Waals surface area contributed by atoms with Gasteiger partial charge >= 0.3 is 0 Å². The quantitative estimate of drug-likeness (QED) is 0.725. The normalized spacial score (nSPS) is 31.6. The third-order valence-electron chi connectivity index (χ3n) is 3.49. The van der Waals surface area contributed by atoms with Gasteiger partial charge in [0, 0.05) is 12.1 Å². The number of halogens is 1. The first-order valence-corrected chi connectivity index (χ1v) is 5.68. The number of morpholine rings is 1. The third kappa shape index (κ3) is 2.11. The molecule has 3 heteroatoms. The zero-order valence-corrected chi connectivity index (χ0v) is 9.98. The predicted molar refractivity (Wildman–Crippen MR) is 61.8 cm³/mol. The van der Waals surface area contributed by atoms with Gasteiger partial charge in [-0.05, 0) is 38.6 Å². The first kappa shape index (κ1) is 11.6. The van der Waals surface area contributed by atoms with Crippen molar-refractivity contribution in [1.29, 1.82) is 0 Å². The maximum absolute atomic E-state index is 12.8. The summed E-state index contributed by atoms with van der Waals surface area (Å²) < 4.78 is 18.7. The van der Waals surface area contributed by atoms with E-state index >= 15 is 0 Å². The molecule has 3 atom stereocenters. The standard InChI is InChI=1S/C13H18FNO/c1-9-8-16-13(10(2)15(9)3)11-4-6-12(14)7-5-11/h4-7,9-10,13H,8H2,1-3H3. The lowest BCUT2D eigenvalue weighted by Crippen LogP contribution is -2.48. The van der Waals surface area contributed by atoms with Crippen LogP contribution < -0.4 is 0 Å². The molecule has 1 fully saturated rings. The van der Waals surface area contributed by atoms with Crippen molar-refractivity contribution in [3.63, 3.8) is 0 Å². The second-order valence-corrected chi connectivity index (χ2v) is 4.56. The average Bonchev–Trinajstić information content (AvgIpc) is 2.28. The van der Waals surface area contributed by atoms with Crippen LogP contribution >= 0.6 is 0 Å². The fraction of sp³-hybridized carbons (Fsp3) is 0.538. The maximum atomic E-state index is 12.8. The van der Waals surface area contributed by atoms with Gasteiger partial charge in [-0.3, -0.25) is 4.90 Å². The molecule has 0 bridgehead atoms. The van der Waals surface area contributed by atoms with Crippen molar-refractivity contribution in [2.24, 2.45) is 0 Å². The van der Waals surface area contributed by atoms with Crippen molar-refractivity contribution in [2.75, 3.05) is 13.7 Å². The molecule has 1 aromatic carbocycles. The van der Waals surface area contributed by atoms with E-state index in [0.717, 1.165) is 12.2 Å². The first-order valence-electron chi connectivity index (χ1n) is 5.68. The van der Waals surface area contributed by atoms with E-state index in [0.29, 0.717) is 12.1 Å². The van der Waals surface area contributed by atoms with Crippen LogP contribution in [0.15, 0.2) is 24.3 Å². The van der Waals surface area contributed by atoms with E-state index in [1.165, 1.54) is 12.1 Å². The molecule has 0 spiro atoms. The van der Waals surface area contributed by atoms with Crippen LogP contribution in [0.4, 0.5) is 4.39 Å². The van der Waals surface area contributed by atoms with E-state index in [1.54, 1.807) is 12.1 Å². The minimum absolute atomic E-state index is 0.0433. The number of nitrogens with zero attached hydrogens (tertiary/aromatic N) is 1. The SMILES string of the molecule is CC1COC(c2ccc(F)cc2)C(C)N1C. The number of likely N-dealkylation sites (N-methyl/N-ethyl adjacent to an activating group) is 1. The summed E-state index contributed by atoms with van der Waals surface area (Å²) in [5.74, 6) is -0.200. The van der Waals surface area contributed by atoms with Gasteiger partial charge in [0.25, 0.3) is 0 Å². The van der Waals surface area contributed by atoms with E-state index in [-0.39, 0.29) is 11.9 Å².